The molecule has 0 unspecified atom stereocenters. The fraction of sp³-hybridized carbons (Fsp3) is 0.125. The second-order valence-corrected chi connectivity index (χ2v) is 8.02. The molecular weight excluding hydrogens is 408 g/mol. The van der Waals surface area contributed by atoms with E-state index in [0.717, 1.165) is 21.8 Å². The van der Waals surface area contributed by atoms with Crippen LogP contribution in [-0.4, -0.2) is 40.6 Å². The number of hydrogen-bond acceptors (Lipinski definition) is 4. The normalized spacial score (nSPS) is 10.6. The number of nitrogens with zero attached hydrogens (tertiary/aromatic N) is 3. The molecule has 0 bridgehead atoms. The Hall–Kier alpha value is -3.71. The molecule has 156 valence electrons. The van der Waals surface area contributed by atoms with E-state index in [0.29, 0.717) is 17.8 Å². The van der Waals surface area contributed by atoms with Gasteiger partial charge < -0.3 is 10.2 Å². The zero-order valence-corrected chi connectivity index (χ0v) is 18.1. The fourth-order valence-corrected chi connectivity index (χ4v) is 3.97. The first kappa shape index (κ1) is 20.6. The molecule has 1 N–H and O–H groups in total. The quantitative estimate of drug-likeness (QED) is 0.498. The van der Waals surface area contributed by atoms with Crippen molar-refractivity contribution in [1.82, 2.24) is 20.0 Å². The highest BCUT2D eigenvalue weighted by molar-refractivity contribution is 7.13. The molecule has 0 saturated heterocycles. The van der Waals surface area contributed by atoms with E-state index in [2.05, 4.69) is 5.32 Å². The number of rotatable bonds is 6. The molecule has 2 aromatic carbocycles. The molecule has 0 aliphatic carbocycles. The molecule has 0 aliphatic rings. The van der Waals surface area contributed by atoms with Gasteiger partial charge in [0.1, 0.15) is 11.4 Å². The second kappa shape index (κ2) is 8.97. The number of thiophene rings is 1. The number of amides is 2. The summed E-state index contributed by atoms with van der Waals surface area (Å²) in [6.45, 7) is 0.418. The third kappa shape index (κ3) is 4.41. The van der Waals surface area contributed by atoms with Gasteiger partial charge in [0.05, 0.1) is 10.6 Å². The maximum Gasteiger partial charge on any atom is 0.272 e. The van der Waals surface area contributed by atoms with Crippen molar-refractivity contribution in [2.75, 3.05) is 14.1 Å². The topological polar surface area (TPSA) is 67.2 Å². The van der Waals surface area contributed by atoms with Crippen molar-refractivity contribution in [2.45, 2.75) is 6.54 Å². The Morgan fingerprint density at radius 3 is 2.42 bits per heavy atom. The minimum atomic E-state index is -0.135. The van der Waals surface area contributed by atoms with Gasteiger partial charge in [-0.2, -0.15) is 5.10 Å². The van der Waals surface area contributed by atoms with Gasteiger partial charge in [-0.3, -0.25) is 9.59 Å². The van der Waals surface area contributed by atoms with Crippen LogP contribution >= 0.6 is 11.3 Å². The second-order valence-electron chi connectivity index (χ2n) is 7.08. The first-order valence-corrected chi connectivity index (χ1v) is 10.7. The van der Waals surface area contributed by atoms with Gasteiger partial charge in [-0.1, -0.05) is 36.4 Å². The van der Waals surface area contributed by atoms with Crippen molar-refractivity contribution in [3.05, 3.63) is 95.0 Å². The summed E-state index contributed by atoms with van der Waals surface area (Å²) in [6.07, 6.45) is 0. The van der Waals surface area contributed by atoms with Crippen LogP contribution in [0.5, 0.6) is 0 Å². The van der Waals surface area contributed by atoms with Crippen molar-refractivity contribution >= 4 is 23.2 Å². The van der Waals surface area contributed by atoms with E-state index in [1.54, 1.807) is 47.1 Å². The summed E-state index contributed by atoms with van der Waals surface area (Å²) in [6, 6.07) is 22.7. The van der Waals surface area contributed by atoms with Gasteiger partial charge in [-0.25, -0.2) is 4.68 Å². The van der Waals surface area contributed by atoms with Crippen LogP contribution in [0.15, 0.2) is 78.2 Å². The Morgan fingerprint density at radius 2 is 1.77 bits per heavy atom. The SMILES string of the molecule is CNC(=O)c1ccc(CN(C)C(=O)c2cc(-c3cccs3)nn2-c2ccccc2)cc1. The third-order valence-corrected chi connectivity index (χ3v) is 5.80. The molecule has 2 aromatic heterocycles. The van der Waals surface area contributed by atoms with Crippen LogP contribution in [0.2, 0.25) is 0 Å². The van der Waals surface area contributed by atoms with E-state index in [4.69, 9.17) is 5.10 Å². The number of benzene rings is 2. The molecule has 0 fully saturated rings. The lowest BCUT2D eigenvalue weighted by Crippen LogP contribution is -2.28. The molecule has 31 heavy (non-hydrogen) atoms. The molecule has 0 saturated carbocycles. The summed E-state index contributed by atoms with van der Waals surface area (Å²) < 4.78 is 1.70. The van der Waals surface area contributed by atoms with Crippen LogP contribution in [0.1, 0.15) is 26.4 Å². The molecule has 0 aliphatic heterocycles. The molecule has 0 atom stereocenters. The summed E-state index contributed by atoms with van der Waals surface area (Å²) in [5.41, 5.74) is 3.62. The zero-order chi connectivity index (χ0) is 21.8. The number of aromatic nitrogens is 2. The molecule has 0 radical (unpaired) electrons. The number of hydrogen-bond donors (Lipinski definition) is 1. The van der Waals surface area contributed by atoms with E-state index >= 15 is 0 Å². The standard InChI is InChI=1S/C24H22N4O2S/c1-25-23(29)18-12-10-17(11-13-18)16-27(2)24(30)21-15-20(22-9-6-14-31-22)26-28(21)19-7-4-3-5-8-19/h3-15H,16H2,1-2H3,(H,25,29). The van der Waals surface area contributed by atoms with E-state index in [1.807, 2.05) is 66.0 Å². The van der Waals surface area contributed by atoms with Gasteiger partial charge in [0, 0.05) is 26.2 Å². The smallest absolute Gasteiger partial charge is 0.272 e. The molecule has 0 spiro atoms. The number of carbonyl (C=O) groups excluding carboxylic acids is 2. The number of nitrogens with one attached hydrogen (secondary N) is 1. The molecule has 4 rings (SSSR count). The van der Waals surface area contributed by atoms with E-state index < -0.39 is 0 Å². The Kier molecular flexibility index (Phi) is 5.95. The van der Waals surface area contributed by atoms with Crippen LogP contribution < -0.4 is 5.32 Å². The molecule has 6 nitrogen and oxygen atoms in total. The van der Waals surface area contributed by atoms with Gasteiger partial charge >= 0.3 is 0 Å². The first-order chi connectivity index (χ1) is 15.1. The molecular formula is C24H22N4O2S. The summed E-state index contributed by atoms with van der Waals surface area (Å²) >= 11 is 1.59. The van der Waals surface area contributed by atoms with Crippen LogP contribution in [0, 0.1) is 0 Å². The minimum absolute atomic E-state index is 0.130. The van der Waals surface area contributed by atoms with E-state index in [1.165, 1.54) is 0 Å². The minimum Gasteiger partial charge on any atom is -0.355 e. The maximum atomic E-state index is 13.4. The summed E-state index contributed by atoms with van der Waals surface area (Å²) in [5.74, 6) is -0.265. The monoisotopic (exact) mass is 430 g/mol. The lowest BCUT2D eigenvalue weighted by Gasteiger charge is -2.18. The van der Waals surface area contributed by atoms with Gasteiger partial charge in [-0.05, 0) is 47.3 Å². The highest BCUT2D eigenvalue weighted by Gasteiger charge is 2.21. The van der Waals surface area contributed by atoms with Gasteiger partial charge in [0.25, 0.3) is 11.8 Å². The van der Waals surface area contributed by atoms with Crippen LogP contribution in [0.25, 0.3) is 16.3 Å². The van der Waals surface area contributed by atoms with Crippen molar-refractivity contribution < 1.29 is 9.59 Å². The molecule has 4 aromatic rings. The summed E-state index contributed by atoms with van der Waals surface area (Å²) in [4.78, 5) is 27.7. The number of carbonyl (C=O) groups is 2. The summed E-state index contributed by atoms with van der Waals surface area (Å²) in [5, 5.41) is 9.31. The Labute approximate surface area is 184 Å². The van der Waals surface area contributed by atoms with Crippen molar-refractivity contribution in [3.8, 4) is 16.3 Å². The Balaban J connectivity index is 1.62. The summed E-state index contributed by atoms with van der Waals surface area (Å²) in [7, 11) is 3.37. The van der Waals surface area contributed by atoms with E-state index in [9.17, 15) is 9.59 Å². The third-order valence-electron chi connectivity index (χ3n) is 4.91. The highest BCUT2D eigenvalue weighted by atomic mass is 32.1. The predicted molar refractivity (Wildman–Crippen MR) is 123 cm³/mol. The largest absolute Gasteiger partial charge is 0.355 e. The number of para-hydroxylation sites is 1. The van der Waals surface area contributed by atoms with E-state index in [-0.39, 0.29) is 11.8 Å². The average Bonchev–Trinajstić information content (AvgIpc) is 3.49. The van der Waals surface area contributed by atoms with Crippen LogP contribution in [-0.2, 0) is 6.54 Å². The van der Waals surface area contributed by atoms with Gasteiger partial charge in [0.2, 0.25) is 0 Å². The lowest BCUT2D eigenvalue weighted by atomic mass is 10.1. The first-order valence-electron chi connectivity index (χ1n) is 9.82. The van der Waals surface area contributed by atoms with Crippen molar-refractivity contribution in [2.24, 2.45) is 0 Å². The molecule has 2 heterocycles. The predicted octanol–water partition coefficient (Wildman–Crippen LogP) is 4.23. The lowest BCUT2D eigenvalue weighted by molar-refractivity contribution is 0.0775. The fourth-order valence-electron chi connectivity index (χ4n) is 3.29. The Bertz CT molecular complexity index is 1180. The van der Waals surface area contributed by atoms with Crippen LogP contribution in [0.4, 0.5) is 0 Å². The Morgan fingerprint density at radius 1 is 1.03 bits per heavy atom. The van der Waals surface area contributed by atoms with Crippen molar-refractivity contribution in [3.63, 3.8) is 0 Å². The zero-order valence-electron chi connectivity index (χ0n) is 17.3. The van der Waals surface area contributed by atoms with Crippen LogP contribution in [0.3, 0.4) is 0 Å². The highest BCUT2D eigenvalue weighted by Crippen LogP contribution is 2.26. The molecule has 2 amide bonds. The van der Waals surface area contributed by atoms with Crippen molar-refractivity contribution in [1.29, 1.82) is 0 Å². The van der Waals surface area contributed by atoms with Gasteiger partial charge in [0.15, 0.2) is 0 Å². The molecule has 7 heteroatoms. The average molecular weight is 431 g/mol. The maximum absolute atomic E-state index is 13.4. The van der Waals surface area contributed by atoms with Gasteiger partial charge in [-0.15, -0.1) is 11.3 Å².